The average Bonchev–Trinajstić information content (AvgIpc) is 2.10. The summed E-state index contributed by atoms with van der Waals surface area (Å²) < 4.78 is 0. The first-order valence-corrected chi connectivity index (χ1v) is 6.07. The molecule has 1 saturated heterocycles. The Morgan fingerprint density at radius 2 is 2.07 bits per heavy atom. The zero-order chi connectivity index (χ0) is 11.5. The van der Waals surface area contributed by atoms with Crippen molar-refractivity contribution < 1.29 is 5.11 Å². The Labute approximate surface area is 94.1 Å². The summed E-state index contributed by atoms with van der Waals surface area (Å²) in [7, 11) is 2.18. The van der Waals surface area contributed by atoms with Gasteiger partial charge < -0.3 is 10.0 Å². The summed E-state index contributed by atoms with van der Waals surface area (Å²) in [6.07, 6.45) is 2.09. The van der Waals surface area contributed by atoms with Gasteiger partial charge in [0.2, 0.25) is 0 Å². The van der Waals surface area contributed by atoms with Crippen LogP contribution in [0.3, 0.4) is 0 Å². The smallest absolute Gasteiger partial charge is 0.0446 e. The van der Waals surface area contributed by atoms with Crippen molar-refractivity contribution in [2.75, 3.05) is 33.3 Å². The third-order valence-corrected chi connectivity index (χ3v) is 3.32. The van der Waals surface area contributed by atoms with E-state index in [-0.39, 0.29) is 5.54 Å². The Balaban J connectivity index is 2.72. The highest BCUT2D eigenvalue weighted by Crippen LogP contribution is 2.26. The number of rotatable bonds is 4. The van der Waals surface area contributed by atoms with Gasteiger partial charge in [-0.05, 0) is 40.3 Å². The summed E-state index contributed by atoms with van der Waals surface area (Å²) in [5.74, 6) is 0. The number of aliphatic hydroxyl groups excluding tert-OH is 1. The molecule has 3 nitrogen and oxygen atoms in total. The van der Waals surface area contributed by atoms with Crippen molar-refractivity contribution in [2.24, 2.45) is 0 Å². The fraction of sp³-hybridized carbons (Fsp3) is 1.00. The number of aliphatic hydroxyl groups is 1. The largest absolute Gasteiger partial charge is 0.396 e. The fourth-order valence-electron chi connectivity index (χ4n) is 2.89. The standard InChI is InChI=1S/C12H26N2O/c1-5-7-14-11(6-8-15)9-13(4)10-12(14,2)3/h11,15H,5-10H2,1-4H3. The number of likely N-dealkylation sites (N-methyl/N-ethyl adjacent to an activating group) is 1. The number of nitrogens with zero attached hydrogens (tertiary/aromatic N) is 2. The molecule has 0 aliphatic carbocycles. The lowest BCUT2D eigenvalue weighted by atomic mass is 9.93. The maximum atomic E-state index is 9.12. The minimum Gasteiger partial charge on any atom is -0.396 e. The van der Waals surface area contributed by atoms with E-state index in [1.807, 2.05) is 0 Å². The molecule has 0 aromatic heterocycles. The Hall–Kier alpha value is -0.120. The third kappa shape index (κ3) is 3.16. The lowest BCUT2D eigenvalue weighted by Crippen LogP contribution is -2.63. The maximum Gasteiger partial charge on any atom is 0.0446 e. The van der Waals surface area contributed by atoms with Crippen molar-refractivity contribution in [3.8, 4) is 0 Å². The third-order valence-electron chi connectivity index (χ3n) is 3.32. The fourth-order valence-corrected chi connectivity index (χ4v) is 2.89. The van der Waals surface area contributed by atoms with Crippen LogP contribution in [0.25, 0.3) is 0 Å². The molecule has 0 aromatic carbocycles. The Morgan fingerprint density at radius 3 is 2.60 bits per heavy atom. The molecule has 15 heavy (non-hydrogen) atoms. The van der Waals surface area contributed by atoms with Gasteiger partial charge in [-0.1, -0.05) is 6.92 Å². The van der Waals surface area contributed by atoms with E-state index in [1.54, 1.807) is 0 Å². The minimum atomic E-state index is 0.239. The predicted octanol–water partition coefficient (Wildman–Crippen LogP) is 1.17. The number of piperazine rings is 1. The van der Waals surface area contributed by atoms with Gasteiger partial charge in [-0.25, -0.2) is 0 Å². The lowest BCUT2D eigenvalue weighted by Gasteiger charge is -2.51. The van der Waals surface area contributed by atoms with Gasteiger partial charge in [0.15, 0.2) is 0 Å². The molecule has 0 bridgehead atoms. The molecule has 0 spiro atoms. The summed E-state index contributed by atoms with van der Waals surface area (Å²) >= 11 is 0. The highest BCUT2D eigenvalue weighted by molar-refractivity contribution is 4.94. The normalized spacial score (nSPS) is 28.2. The van der Waals surface area contributed by atoms with Crippen molar-refractivity contribution in [3.05, 3.63) is 0 Å². The van der Waals surface area contributed by atoms with Gasteiger partial charge in [0.25, 0.3) is 0 Å². The van der Waals surface area contributed by atoms with E-state index in [1.165, 1.54) is 6.42 Å². The summed E-state index contributed by atoms with van der Waals surface area (Å²) in [4.78, 5) is 4.95. The molecule has 1 aliphatic rings. The van der Waals surface area contributed by atoms with Gasteiger partial charge in [0, 0.05) is 31.3 Å². The van der Waals surface area contributed by atoms with Crippen LogP contribution in [0.4, 0.5) is 0 Å². The molecule has 1 rings (SSSR count). The molecule has 1 aliphatic heterocycles. The Bertz CT molecular complexity index is 194. The molecule has 1 atom stereocenters. The molecule has 3 heteroatoms. The van der Waals surface area contributed by atoms with E-state index in [9.17, 15) is 0 Å². The van der Waals surface area contributed by atoms with Crippen LogP contribution in [0.2, 0.25) is 0 Å². The second-order valence-electron chi connectivity index (χ2n) is 5.37. The number of hydrogen-bond donors (Lipinski definition) is 1. The van der Waals surface area contributed by atoms with Crippen LogP contribution in [0.1, 0.15) is 33.6 Å². The minimum absolute atomic E-state index is 0.239. The molecule has 0 aromatic rings. The first kappa shape index (κ1) is 12.9. The van der Waals surface area contributed by atoms with E-state index in [0.29, 0.717) is 12.6 Å². The van der Waals surface area contributed by atoms with Crippen LogP contribution >= 0.6 is 0 Å². The topological polar surface area (TPSA) is 26.7 Å². The highest BCUT2D eigenvalue weighted by atomic mass is 16.3. The van der Waals surface area contributed by atoms with Gasteiger partial charge in [-0.3, -0.25) is 4.90 Å². The molecule has 1 N–H and O–H groups in total. The molecule has 0 saturated carbocycles. The molecule has 0 amide bonds. The van der Waals surface area contributed by atoms with Gasteiger partial charge in [0.05, 0.1) is 0 Å². The zero-order valence-electron chi connectivity index (χ0n) is 10.7. The van der Waals surface area contributed by atoms with Crippen molar-refractivity contribution >= 4 is 0 Å². The van der Waals surface area contributed by atoms with Gasteiger partial charge >= 0.3 is 0 Å². The molecule has 1 fully saturated rings. The molecule has 0 radical (unpaired) electrons. The monoisotopic (exact) mass is 214 g/mol. The van der Waals surface area contributed by atoms with Crippen LogP contribution in [0.5, 0.6) is 0 Å². The van der Waals surface area contributed by atoms with Crippen molar-refractivity contribution in [2.45, 2.75) is 45.2 Å². The second kappa shape index (κ2) is 5.28. The summed E-state index contributed by atoms with van der Waals surface area (Å²) in [6, 6.07) is 0.517. The van der Waals surface area contributed by atoms with E-state index >= 15 is 0 Å². The van der Waals surface area contributed by atoms with E-state index in [0.717, 1.165) is 26.1 Å². The van der Waals surface area contributed by atoms with Crippen LogP contribution in [0.15, 0.2) is 0 Å². The van der Waals surface area contributed by atoms with Crippen LogP contribution in [0, 0.1) is 0 Å². The maximum absolute atomic E-state index is 9.12. The first-order chi connectivity index (χ1) is 7.01. The average molecular weight is 214 g/mol. The van der Waals surface area contributed by atoms with Crippen LogP contribution in [-0.2, 0) is 0 Å². The Morgan fingerprint density at radius 1 is 1.40 bits per heavy atom. The zero-order valence-corrected chi connectivity index (χ0v) is 10.7. The lowest BCUT2D eigenvalue weighted by molar-refractivity contribution is -0.0236. The molecule has 90 valence electrons. The quantitative estimate of drug-likeness (QED) is 0.761. The van der Waals surface area contributed by atoms with Gasteiger partial charge in [0.1, 0.15) is 0 Å². The Kier molecular flexibility index (Phi) is 4.56. The molecular formula is C12H26N2O. The predicted molar refractivity (Wildman–Crippen MR) is 64.1 cm³/mol. The second-order valence-corrected chi connectivity index (χ2v) is 5.37. The summed E-state index contributed by atoms with van der Waals surface area (Å²) in [6.45, 7) is 10.5. The van der Waals surface area contributed by atoms with Gasteiger partial charge in [-0.2, -0.15) is 0 Å². The summed E-state index contributed by atoms with van der Waals surface area (Å²) in [5.41, 5.74) is 0.239. The van der Waals surface area contributed by atoms with E-state index < -0.39 is 0 Å². The van der Waals surface area contributed by atoms with E-state index in [2.05, 4.69) is 37.6 Å². The molecule has 1 unspecified atom stereocenters. The van der Waals surface area contributed by atoms with Crippen LogP contribution < -0.4 is 0 Å². The van der Waals surface area contributed by atoms with Crippen molar-refractivity contribution in [1.82, 2.24) is 9.80 Å². The summed E-state index contributed by atoms with van der Waals surface area (Å²) in [5, 5.41) is 9.12. The van der Waals surface area contributed by atoms with Crippen molar-refractivity contribution in [3.63, 3.8) is 0 Å². The van der Waals surface area contributed by atoms with Gasteiger partial charge in [-0.15, -0.1) is 0 Å². The SMILES string of the molecule is CCCN1C(CCO)CN(C)CC1(C)C. The number of hydrogen-bond acceptors (Lipinski definition) is 3. The molecular weight excluding hydrogens is 188 g/mol. The van der Waals surface area contributed by atoms with E-state index in [4.69, 9.17) is 5.11 Å². The highest BCUT2D eigenvalue weighted by Gasteiger charge is 2.37. The van der Waals surface area contributed by atoms with Crippen molar-refractivity contribution in [1.29, 1.82) is 0 Å². The first-order valence-electron chi connectivity index (χ1n) is 6.07. The van der Waals surface area contributed by atoms with Crippen LogP contribution in [-0.4, -0.2) is 59.8 Å². The molecule has 1 heterocycles.